The third kappa shape index (κ3) is 1.44. The third-order valence-electron chi connectivity index (χ3n) is 1.92. The summed E-state index contributed by atoms with van der Waals surface area (Å²) in [6.07, 6.45) is 2.22. The lowest BCUT2D eigenvalue weighted by Crippen LogP contribution is -2.39. The van der Waals surface area contributed by atoms with Gasteiger partial charge >= 0.3 is 0 Å². The van der Waals surface area contributed by atoms with Crippen LogP contribution >= 0.6 is 0 Å². The van der Waals surface area contributed by atoms with Crippen molar-refractivity contribution in [2.24, 2.45) is 5.73 Å². The minimum absolute atomic E-state index is 0.0863. The zero-order chi connectivity index (χ0) is 8.32. The van der Waals surface area contributed by atoms with Gasteiger partial charge in [-0.3, -0.25) is 0 Å². The molecule has 0 aliphatic rings. The lowest BCUT2D eigenvalue weighted by molar-refractivity contribution is 0.170. The quantitative estimate of drug-likeness (QED) is 0.679. The Kier molecular flexibility index (Phi) is 2.31. The van der Waals surface area contributed by atoms with E-state index in [9.17, 15) is 0 Å². The first-order chi connectivity index (χ1) is 5.23. The van der Waals surface area contributed by atoms with E-state index < -0.39 is 5.54 Å². The fraction of sp³-hybridized carbons (Fsp3) is 0.500. The Morgan fingerprint density at radius 1 is 1.73 bits per heavy atom. The minimum atomic E-state index is -0.705. The molecule has 0 fully saturated rings. The highest BCUT2D eigenvalue weighted by molar-refractivity contribution is 5.11. The van der Waals surface area contributed by atoms with E-state index in [0.29, 0.717) is 12.2 Å². The fourth-order valence-corrected chi connectivity index (χ4v) is 0.926. The predicted octanol–water partition coefficient (Wildman–Crippen LogP) is 0.836. The summed E-state index contributed by atoms with van der Waals surface area (Å²) in [5.74, 6) is 0.641. The van der Waals surface area contributed by atoms with E-state index in [2.05, 4.69) is 0 Å². The molecule has 0 saturated heterocycles. The van der Waals surface area contributed by atoms with Crippen LogP contribution < -0.4 is 5.73 Å². The van der Waals surface area contributed by atoms with Crippen LogP contribution in [-0.2, 0) is 5.54 Å². The molecule has 1 aromatic heterocycles. The molecule has 0 aliphatic heterocycles. The molecule has 0 saturated carbocycles. The summed E-state index contributed by atoms with van der Waals surface area (Å²) in [4.78, 5) is 0. The summed E-state index contributed by atoms with van der Waals surface area (Å²) in [5.41, 5.74) is 5.11. The van der Waals surface area contributed by atoms with Crippen molar-refractivity contribution in [2.75, 3.05) is 6.61 Å². The Labute approximate surface area is 65.8 Å². The summed E-state index contributed by atoms with van der Waals surface area (Å²) in [7, 11) is 0. The van der Waals surface area contributed by atoms with Crippen molar-refractivity contribution in [1.82, 2.24) is 0 Å². The summed E-state index contributed by atoms with van der Waals surface area (Å²) >= 11 is 0. The highest BCUT2D eigenvalue weighted by Crippen LogP contribution is 2.21. The molecule has 3 nitrogen and oxygen atoms in total. The number of rotatable bonds is 3. The topological polar surface area (TPSA) is 59.4 Å². The Morgan fingerprint density at radius 3 is 2.82 bits per heavy atom. The van der Waals surface area contributed by atoms with E-state index >= 15 is 0 Å². The van der Waals surface area contributed by atoms with Crippen LogP contribution in [-0.4, -0.2) is 11.7 Å². The average molecular weight is 155 g/mol. The van der Waals surface area contributed by atoms with E-state index in [4.69, 9.17) is 15.3 Å². The van der Waals surface area contributed by atoms with Crippen LogP contribution in [0.3, 0.4) is 0 Å². The molecule has 1 atom stereocenters. The highest BCUT2D eigenvalue weighted by Gasteiger charge is 2.26. The zero-order valence-electron chi connectivity index (χ0n) is 6.58. The maximum atomic E-state index is 8.97. The van der Waals surface area contributed by atoms with E-state index in [-0.39, 0.29) is 6.61 Å². The second-order valence-electron chi connectivity index (χ2n) is 2.65. The van der Waals surface area contributed by atoms with Gasteiger partial charge in [0.15, 0.2) is 0 Å². The van der Waals surface area contributed by atoms with Crippen LogP contribution in [0.4, 0.5) is 0 Å². The molecule has 62 valence electrons. The molecule has 3 N–H and O–H groups in total. The maximum Gasteiger partial charge on any atom is 0.125 e. The van der Waals surface area contributed by atoms with Crippen molar-refractivity contribution in [3.63, 3.8) is 0 Å². The number of aliphatic hydroxyl groups is 1. The summed E-state index contributed by atoms with van der Waals surface area (Å²) in [6.45, 7) is 1.83. The van der Waals surface area contributed by atoms with Gasteiger partial charge in [0.05, 0.1) is 18.4 Å². The molecule has 1 rings (SSSR count). The first-order valence-corrected chi connectivity index (χ1v) is 3.66. The van der Waals surface area contributed by atoms with Gasteiger partial charge in [0.25, 0.3) is 0 Å². The number of hydrogen-bond donors (Lipinski definition) is 2. The lowest BCUT2D eigenvalue weighted by Gasteiger charge is -2.22. The fourth-order valence-electron chi connectivity index (χ4n) is 0.926. The molecule has 0 aliphatic carbocycles. The van der Waals surface area contributed by atoms with Gasteiger partial charge < -0.3 is 15.3 Å². The number of nitrogens with two attached hydrogens (primary N) is 1. The number of furan rings is 1. The normalized spacial score (nSPS) is 16.3. The number of hydrogen-bond acceptors (Lipinski definition) is 3. The zero-order valence-corrected chi connectivity index (χ0v) is 6.58. The number of aliphatic hydroxyl groups excluding tert-OH is 1. The highest BCUT2D eigenvalue weighted by atomic mass is 16.3. The standard InChI is InChI=1S/C8H13NO2/c1-2-8(9,6-10)7-4-3-5-11-7/h3-5,10H,2,6,9H2,1H3/t8-/m1/s1. The van der Waals surface area contributed by atoms with Gasteiger partial charge in [-0.25, -0.2) is 0 Å². The molecule has 3 heteroatoms. The first kappa shape index (κ1) is 8.30. The first-order valence-electron chi connectivity index (χ1n) is 3.66. The Morgan fingerprint density at radius 2 is 2.45 bits per heavy atom. The molecule has 0 spiro atoms. The Balaban J connectivity index is 2.87. The average Bonchev–Trinajstić information content (AvgIpc) is 2.55. The summed E-state index contributed by atoms with van der Waals surface area (Å²) in [5, 5.41) is 8.97. The smallest absolute Gasteiger partial charge is 0.125 e. The van der Waals surface area contributed by atoms with Crippen LogP contribution in [0.2, 0.25) is 0 Å². The molecule has 1 heterocycles. The SMILES string of the molecule is CC[C@@](N)(CO)c1ccco1. The summed E-state index contributed by atoms with van der Waals surface area (Å²) < 4.78 is 5.10. The van der Waals surface area contributed by atoms with Gasteiger partial charge in [0.1, 0.15) is 5.76 Å². The second-order valence-corrected chi connectivity index (χ2v) is 2.65. The van der Waals surface area contributed by atoms with Crippen molar-refractivity contribution in [3.8, 4) is 0 Å². The van der Waals surface area contributed by atoms with Gasteiger partial charge in [-0.1, -0.05) is 6.92 Å². The van der Waals surface area contributed by atoms with Gasteiger partial charge in [-0.15, -0.1) is 0 Å². The van der Waals surface area contributed by atoms with Crippen LogP contribution in [0.25, 0.3) is 0 Å². The van der Waals surface area contributed by atoms with Crippen LogP contribution in [0.5, 0.6) is 0 Å². The Hall–Kier alpha value is -0.800. The largest absolute Gasteiger partial charge is 0.467 e. The molecular formula is C8H13NO2. The van der Waals surface area contributed by atoms with Crippen LogP contribution in [0, 0.1) is 0 Å². The van der Waals surface area contributed by atoms with Crippen molar-refractivity contribution in [2.45, 2.75) is 18.9 Å². The van der Waals surface area contributed by atoms with Crippen molar-refractivity contribution in [3.05, 3.63) is 24.2 Å². The van der Waals surface area contributed by atoms with Gasteiger partial charge in [-0.05, 0) is 18.6 Å². The van der Waals surface area contributed by atoms with Crippen molar-refractivity contribution in [1.29, 1.82) is 0 Å². The van der Waals surface area contributed by atoms with E-state index in [1.165, 1.54) is 0 Å². The van der Waals surface area contributed by atoms with Crippen LogP contribution in [0.15, 0.2) is 22.8 Å². The lowest BCUT2D eigenvalue weighted by atomic mass is 9.96. The van der Waals surface area contributed by atoms with E-state index in [1.807, 2.05) is 6.92 Å². The molecule has 0 aromatic carbocycles. The molecular weight excluding hydrogens is 142 g/mol. The van der Waals surface area contributed by atoms with Gasteiger partial charge in [-0.2, -0.15) is 0 Å². The molecule has 0 radical (unpaired) electrons. The summed E-state index contributed by atoms with van der Waals surface area (Å²) in [6, 6.07) is 3.54. The van der Waals surface area contributed by atoms with Gasteiger partial charge in [0.2, 0.25) is 0 Å². The van der Waals surface area contributed by atoms with Crippen molar-refractivity contribution < 1.29 is 9.52 Å². The van der Waals surface area contributed by atoms with E-state index in [0.717, 1.165) is 0 Å². The van der Waals surface area contributed by atoms with E-state index in [1.54, 1.807) is 18.4 Å². The monoisotopic (exact) mass is 155 g/mol. The predicted molar refractivity (Wildman–Crippen MR) is 42.0 cm³/mol. The molecule has 11 heavy (non-hydrogen) atoms. The Bertz CT molecular complexity index is 202. The third-order valence-corrected chi connectivity index (χ3v) is 1.92. The maximum absolute atomic E-state index is 8.97. The van der Waals surface area contributed by atoms with Gasteiger partial charge in [0, 0.05) is 0 Å². The molecule has 0 unspecified atom stereocenters. The molecule has 1 aromatic rings. The second kappa shape index (κ2) is 3.07. The van der Waals surface area contributed by atoms with Crippen LogP contribution in [0.1, 0.15) is 19.1 Å². The molecule has 0 bridgehead atoms. The van der Waals surface area contributed by atoms with Crippen molar-refractivity contribution >= 4 is 0 Å². The minimum Gasteiger partial charge on any atom is -0.467 e. The molecule has 0 amide bonds.